The summed E-state index contributed by atoms with van der Waals surface area (Å²) in [5.41, 5.74) is 0. The Labute approximate surface area is 78.6 Å². The molecule has 0 aromatic heterocycles. The minimum absolute atomic E-state index is 0.0185. The lowest BCUT2D eigenvalue weighted by Gasteiger charge is -2.09. The fourth-order valence-electron chi connectivity index (χ4n) is 0.913. The first-order valence-corrected chi connectivity index (χ1v) is 4.67. The SMILES string of the molecule is O=C1C=NC(OC2CC2)=C(Br)C1. The van der Waals surface area contributed by atoms with Crippen LogP contribution in [0.15, 0.2) is 15.4 Å². The Morgan fingerprint density at radius 1 is 1.58 bits per heavy atom. The largest absolute Gasteiger partial charge is 0.474 e. The highest BCUT2D eigenvalue weighted by atomic mass is 79.9. The Balaban J connectivity index is 2.07. The van der Waals surface area contributed by atoms with Gasteiger partial charge in [0, 0.05) is 6.42 Å². The van der Waals surface area contributed by atoms with E-state index in [0.29, 0.717) is 18.4 Å². The van der Waals surface area contributed by atoms with Crippen LogP contribution in [0.3, 0.4) is 0 Å². The van der Waals surface area contributed by atoms with Gasteiger partial charge in [0.25, 0.3) is 0 Å². The minimum atomic E-state index is 0.0185. The molecular formula is C8H8BrNO2. The Morgan fingerprint density at radius 2 is 2.33 bits per heavy atom. The molecule has 0 saturated heterocycles. The molecule has 0 unspecified atom stereocenters. The normalized spacial score (nSPS) is 23.2. The molecule has 2 rings (SSSR count). The summed E-state index contributed by atoms with van der Waals surface area (Å²) in [5.74, 6) is 0.599. The van der Waals surface area contributed by atoms with Crippen LogP contribution in [0.2, 0.25) is 0 Å². The number of hydrogen-bond acceptors (Lipinski definition) is 3. The summed E-state index contributed by atoms with van der Waals surface area (Å²) in [6.45, 7) is 0. The van der Waals surface area contributed by atoms with E-state index >= 15 is 0 Å². The smallest absolute Gasteiger partial charge is 0.224 e. The Bertz CT molecular complexity index is 279. The summed E-state index contributed by atoms with van der Waals surface area (Å²) in [7, 11) is 0. The summed E-state index contributed by atoms with van der Waals surface area (Å²) in [4.78, 5) is 14.8. The van der Waals surface area contributed by atoms with Gasteiger partial charge in [0.15, 0.2) is 5.78 Å². The molecule has 1 heterocycles. The van der Waals surface area contributed by atoms with Gasteiger partial charge in [-0.1, -0.05) is 0 Å². The fraction of sp³-hybridized carbons (Fsp3) is 0.500. The van der Waals surface area contributed by atoms with Gasteiger partial charge in [-0.15, -0.1) is 0 Å². The van der Waals surface area contributed by atoms with Crippen LogP contribution >= 0.6 is 15.9 Å². The number of Topliss-reactive ketones (excluding diaryl/α,β-unsaturated/α-hetero) is 1. The molecule has 1 saturated carbocycles. The lowest BCUT2D eigenvalue weighted by Crippen LogP contribution is -2.08. The first kappa shape index (κ1) is 7.98. The summed E-state index contributed by atoms with van der Waals surface area (Å²) in [5, 5.41) is 0. The third-order valence-corrected chi connectivity index (χ3v) is 2.31. The van der Waals surface area contributed by atoms with Gasteiger partial charge in [-0.25, -0.2) is 4.99 Å². The van der Waals surface area contributed by atoms with E-state index in [1.165, 1.54) is 6.21 Å². The maximum Gasteiger partial charge on any atom is 0.224 e. The van der Waals surface area contributed by atoms with Crippen LogP contribution in [-0.2, 0) is 9.53 Å². The number of allylic oxidation sites excluding steroid dienone is 1. The average molecular weight is 230 g/mol. The average Bonchev–Trinajstić information content (AvgIpc) is 2.79. The second-order valence-electron chi connectivity index (χ2n) is 2.93. The maximum absolute atomic E-state index is 10.9. The summed E-state index contributed by atoms with van der Waals surface area (Å²) < 4.78 is 6.21. The first-order chi connectivity index (χ1) is 5.75. The second-order valence-corrected chi connectivity index (χ2v) is 3.89. The van der Waals surface area contributed by atoms with Gasteiger partial charge >= 0.3 is 0 Å². The molecule has 64 valence electrons. The van der Waals surface area contributed by atoms with Crippen LogP contribution in [0.25, 0.3) is 0 Å². The lowest BCUT2D eigenvalue weighted by molar-refractivity contribution is -0.112. The quantitative estimate of drug-likeness (QED) is 0.725. The topological polar surface area (TPSA) is 38.7 Å². The highest BCUT2D eigenvalue weighted by Crippen LogP contribution is 2.30. The van der Waals surface area contributed by atoms with Gasteiger partial charge < -0.3 is 4.74 Å². The molecule has 4 heteroatoms. The van der Waals surface area contributed by atoms with Gasteiger partial charge in [0.2, 0.25) is 5.88 Å². The molecule has 1 aliphatic carbocycles. The number of ketones is 1. The highest BCUT2D eigenvalue weighted by molar-refractivity contribution is 9.11. The van der Waals surface area contributed by atoms with Crippen molar-refractivity contribution in [2.45, 2.75) is 25.4 Å². The zero-order valence-corrected chi connectivity index (χ0v) is 8.00. The molecular weight excluding hydrogens is 222 g/mol. The molecule has 0 amide bonds. The van der Waals surface area contributed by atoms with Crippen molar-refractivity contribution >= 4 is 27.9 Å². The summed E-state index contributed by atoms with van der Waals surface area (Å²) >= 11 is 3.27. The van der Waals surface area contributed by atoms with Crippen LogP contribution in [0.4, 0.5) is 0 Å². The summed E-state index contributed by atoms with van der Waals surface area (Å²) in [6, 6.07) is 0. The van der Waals surface area contributed by atoms with Crippen molar-refractivity contribution in [2.24, 2.45) is 4.99 Å². The van der Waals surface area contributed by atoms with E-state index in [0.717, 1.165) is 17.3 Å². The molecule has 2 aliphatic rings. The molecule has 0 atom stereocenters. The van der Waals surface area contributed by atoms with E-state index in [2.05, 4.69) is 20.9 Å². The zero-order chi connectivity index (χ0) is 8.55. The molecule has 0 bridgehead atoms. The molecule has 0 spiro atoms. The van der Waals surface area contributed by atoms with Gasteiger partial charge in [-0.3, -0.25) is 4.79 Å². The van der Waals surface area contributed by atoms with E-state index in [1.54, 1.807) is 0 Å². The number of aliphatic imine (C=N–C) groups is 1. The van der Waals surface area contributed by atoms with Crippen molar-refractivity contribution in [3.05, 3.63) is 10.4 Å². The van der Waals surface area contributed by atoms with Crippen molar-refractivity contribution in [1.29, 1.82) is 0 Å². The third-order valence-electron chi connectivity index (χ3n) is 1.69. The van der Waals surface area contributed by atoms with Crippen molar-refractivity contribution in [3.63, 3.8) is 0 Å². The van der Waals surface area contributed by atoms with Gasteiger partial charge in [-0.2, -0.15) is 0 Å². The Kier molecular flexibility index (Phi) is 2.00. The van der Waals surface area contributed by atoms with Crippen LogP contribution in [-0.4, -0.2) is 18.1 Å². The number of carbonyl (C=O) groups excluding carboxylic acids is 1. The lowest BCUT2D eigenvalue weighted by atomic mass is 10.2. The van der Waals surface area contributed by atoms with E-state index in [1.807, 2.05) is 0 Å². The number of carbonyl (C=O) groups is 1. The molecule has 0 aromatic carbocycles. The molecule has 1 aliphatic heterocycles. The van der Waals surface area contributed by atoms with E-state index in [-0.39, 0.29) is 5.78 Å². The van der Waals surface area contributed by atoms with Crippen LogP contribution in [0.1, 0.15) is 19.3 Å². The van der Waals surface area contributed by atoms with E-state index < -0.39 is 0 Å². The van der Waals surface area contributed by atoms with Crippen molar-refractivity contribution < 1.29 is 9.53 Å². The fourth-order valence-corrected chi connectivity index (χ4v) is 1.39. The summed E-state index contributed by atoms with van der Waals surface area (Å²) in [6.07, 6.45) is 4.24. The van der Waals surface area contributed by atoms with Gasteiger partial charge in [0.05, 0.1) is 10.7 Å². The number of hydrogen-bond donors (Lipinski definition) is 0. The van der Waals surface area contributed by atoms with Crippen LogP contribution < -0.4 is 0 Å². The molecule has 1 fully saturated rings. The number of ether oxygens (including phenoxy) is 1. The number of nitrogens with zero attached hydrogens (tertiary/aromatic N) is 1. The van der Waals surface area contributed by atoms with E-state index in [4.69, 9.17) is 4.74 Å². The molecule has 0 radical (unpaired) electrons. The Morgan fingerprint density at radius 3 is 2.92 bits per heavy atom. The zero-order valence-electron chi connectivity index (χ0n) is 6.42. The maximum atomic E-state index is 10.9. The van der Waals surface area contributed by atoms with Gasteiger partial charge in [-0.05, 0) is 28.8 Å². The first-order valence-electron chi connectivity index (χ1n) is 3.88. The van der Waals surface area contributed by atoms with Crippen molar-refractivity contribution in [1.82, 2.24) is 0 Å². The minimum Gasteiger partial charge on any atom is -0.474 e. The highest BCUT2D eigenvalue weighted by Gasteiger charge is 2.26. The molecule has 0 aromatic rings. The van der Waals surface area contributed by atoms with Crippen LogP contribution in [0.5, 0.6) is 0 Å². The monoisotopic (exact) mass is 229 g/mol. The standard InChI is InChI=1S/C8H8BrNO2/c9-7-3-5(11)4-10-8(7)12-6-1-2-6/h4,6H,1-3H2. The van der Waals surface area contributed by atoms with Gasteiger partial charge in [0.1, 0.15) is 6.10 Å². The molecule has 0 N–H and O–H groups in total. The van der Waals surface area contributed by atoms with E-state index in [9.17, 15) is 4.79 Å². The molecule has 12 heavy (non-hydrogen) atoms. The third kappa shape index (κ3) is 1.75. The predicted molar refractivity (Wildman–Crippen MR) is 48.2 cm³/mol. The van der Waals surface area contributed by atoms with Crippen LogP contribution in [0, 0.1) is 0 Å². The number of halogens is 1. The second kappa shape index (κ2) is 3.01. The van der Waals surface area contributed by atoms with Crippen molar-refractivity contribution in [3.8, 4) is 0 Å². The Hall–Kier alpha value is -0.640. The predicted octanol–water partition coefficient (Wildman–Crippen LogP) is 1.77. The van der Waals surface area contributed by atoms with Crippen molar-refractivity contribution in [2.75, 3.05) is 0 Å². The molecule has 3 nitrogen and oxygen atoms in total. The number of rotatable bonds is 2.